The van der Waals surface area contributed by atoms with Crippen molar-refractivity contribution < 1.29 is 18.3 Å². The van der Waals surface area contributed by atoms with Gasteiger partial charge >= 0.3 is 0 Å². The molecular formula is C17H18N2O4S. The lowest BCUT2D eigenvalue weighted by molar-refractivity contribution is 0.0944. The van der Waals surface area contributed by atoms with E-state index in [0.29, 0.717) is 0 Å². The highest BCUT2D eigenvalue weighted by atomic mass is 32.2. The standard InChI is InChI=1S/C17H18N2O4S/c20-15-7-3-6-14(10-15)17(21)18-19-24(22,23)16-9-8-12-4-1-2-5-13(12)11-16/h3,6-11,19-20H,1-2,4-5H2,(H,18,21). The van der Waals surface area contributed by atoms with Crippen LogP contribution in [-0.2, 0) is 22.9 Å². The fraction of sp³-hybridized carbons (Fsp3) is 0.235. The maximum absolute atomic E-state index is 12.3. The highest BCUT2D eigenvalue weighted by molar-refractivity contribution is 7.89. The van der Waals surface area contributed by atoms with Gasteiger partial charge in [-0.3, -0.25) is 10.2 Å². The van der Waals surface area contributed by atoms with Crippen molar-refractivity contribution in [2.24, 2.45) is 0 Å². The van der Waals surface area contributed by atoms with Gasteiger partial charge in [0.2, 0.25) is 0 Å². The number of hydrazine groups is 1. The van der Waals surface area contributed by atoms with Gasteiger partial charge in [0.15, 0.2) is 0 Å². The molecule has 1 aliphatic carbocycles. The van der Waals surface area contributed by atoms with E-state index in [1.165, 1.54) is 29.8 Å². The zero-order valence-corrected chi connectivity index (χ0v) is 13.8. The minimum absolute atomic E-state index is 0.0693. The van der Waals surface area contributed by atoms with Crippen molar-refractivity contribution in [3.05, 3.63) is 59.2 Å². The van der Waals surface area contributed by atoms with Gasteiger partial charge in [0.25, 0.3) is 15.9 Å². The molecule has 2 aromatic carbocycles. The van der Waals surface area contributed by atoms with Gasteiger partial charge in [-0.25, -0.2) is 8.42 Å². The zero-order chi connectivity index (χ0) is 17.2. The Morgan fingerprint density at radius 2 is 1.75 bits per heavy atom. The van der Waals surface area contributed by atoms with Crippen molar-refractivity contribution in [1.29, 1.82) is 0 Å². The predicted octanol–water partition coefficient (Wildman–Crippen LogP) is 1.89. The first-order chi connectivity index (χ1) is 11.5. The maximum atomic E-state index is 12.3. The number of nitrogens with one attached hydrogen (secondary N) is 2. The second-order valence-corrected chi connectivity index (χ2v) is 7.43. The molecule has 2 aromatic rings. The van der Waals surface area contributed by atoms with Crippen LogP contribution in [0.4, 0.5) is 0 Å². The average molecular weight is 346 g/mol. The highest BCUT2D eigenvalue weighted by Gasteiger charge is 2.18. The second-order valence-electron chi connectivity index (χ2n) is 5.75. The van der Waals surface area contributed by atoms with Crippen molar-refractivity contribution in [3.8, 4) is 5.75 Å². The summed E-state index contributed by atoms with van der Waals surface area (Å²) in [6.45, 7) is 0. The Morgan fingerprint density at radius 3 is 2.50 bits per heavy atom. The lowest BCUT2D eigenvalue weighted by Crippen LogP contribution is -2.41. The Bertz CT molecular complexity index is 878. The molecule has 0 spiro atoms. The third kappa shape index (κ3) is 3.58. The van der Waals surface area contributed by atoms with E-state index in [1.807, 2.05) is 6.07 Å². The normalized spacial score (nSPS) is 14.0. The van der Waals surface area contributed by atoms with E-state index in [2.05, 4.69) is 10.3 Å². The number of hydrogen-bond acceptors (Lipinski definition) is 4. The predicted molar refractivity (Wildman–Crippen MR) is 89.0 cm³/mol. The van der Waals surface area contributed by atoms with Crippen LogP contribution in [-0.4, -0.2) is 19.4 Å². The van der Waals surface area contributed by atoms with Crippen LogP contribution in [0.5, 0.6) is 5.75 Å². The second kappa shape index (κ2) is 6.62. The molecule has 1 aliphatic rings. The third-order valence-corrected chi connectivity index (χ3v) is 5.28. The van der Waals surface area contributed by atoms with E-state index in [-0.39, 0.29) is 16.2 Å². The van der Waals surface area contributed by atoms with Gasteiger partial charge < -0.3 is 5.11 Å². The van der Waals surface area contributed by atoms with Crippen LogP contribution in [0.3, 0.4) is 0 Å². The summed E-state index contributed by atoms with van der Waals surface area (Å²) in [4.78, 5) is 14.2. The number of sulfonamides is 1. The number of carbonyl (C=O) groups excluding carboxylic acids is 1. The summed E-state index contributed by atoms with van der Waals surface area (Å²) in [5.74, 6) is -0.715. The quantitative estimate of drug-likeness (QED) is 0.737. The summed E-state index contributed by atoms with van der Waals surface area (Å²) in [6.07, 6.45) is 4.02. The fourth-order valence-corrected chi connectivity index (χ4v) is 3.66. The summed E-state index contributed by atoms with van der Waals surface area (Å²) < 4.78 is 24.7. The smallest absolute Gasteiger partial charge is 0.266 e. The number of carbonyl (C=O) groups is 1. The molecule has 24 heavy (non-hydrogen) atoms. The summed E-state index contributed by atoms with van der Waals surface area (Å²) in [5.41, 5.74) is 4.54. The molecule has 0 fully saturated rings. The SMILES string of the molecule is O=C(NNS(=O)(=O)c1ccc2c(c1)CCCC2)c1cccc(O)c1. The Labute approximate surface area is 140 Å². The first-order valence-electron chi connectivity index (χ1n) is 7.69. The number of phenolic OH excluding ortho intramolecular Hbond substituents is 1. The molecule has 0 saturated heterocycles. The third-order valence-electron chi connectivity index (χ3n) is 4.04. The Hall–Kier alpha value is -2.38. The highest BCUT2D eigenvalue weighted by Crippen LogP contribution is 2.23. The van der Waals surface area contributed by atoms with Gasteiger partial charge in [-0.1, -0.05) is 12.1 Å². The van der Waals surface area contributed by atoms with Crippen molar-refractivity contribution in [3.63, 3.8) is 0 Å². The number of phenols is 1. The van der Waals surface area contributed by atoms with E-state index < -0.39 is 15.9 Å². The molecule has 1 amide bonds. The monoisotopic (exact) mass is 346 g/mol. The summed E-state index contributed by atoms with van der Waals surface area (Å²) in [6, 6.07) is 10.7. The van der Waals surface area contributed by atoms with Crippen LogP contribution in [0.2, 0.25) is 0 Å². The summed E-state index contributed by atoms with van der Waals surface area (Å²) in [5, 5.41) is 9.36. The number of aryl methyl sites for hydroxylation is 2. The van der Waals surface area contributed by atoms with E-state index in [4.69, 9.17) is 0 Å². The molecule has 0 radical (unpaired) electrons. The molecule has 0 aromatic heterocycles. The minimum Gasteiger partial charge on any atom is -0.508 e. The fourth-order valence-electron chi connectivity index (χ4n) is 2.77. The van der Waals surface area contributed by atoms with E-state index in [0.717, 1.165) is 31.2 Å². The van der Waals surface area contributed by atoms with Crippen LogP contribution in [0, 0.1) is 0 Å². The molecule has 0 heterocycles. The van der Waals surface area contributed by atoms with Crippen molar-refractivity contribution in [2.75, 3.05) is 0 Å². The number of hydrogen-bond donors (Lipinski definition) is 3. The number of fused-ring (bicyclic) bond motifs is 1. The molecule has 0 atom stereocenters. The number of aromatic hydroxyl groups is 1. The Morgan fingerprint density at radius 1 is 1.00 bits per heavy atom. The lowest BCUT2D eigenvalue weighted by Gasteiger charge is -2.17. The average Bonchev–Trinajstić information content (AvgIpc) is 2.59. The first kappa shape index (κ1) is 16.5. The molecule has 0 bridgehead atoms. The Kier molecular flexibility index (Phi) is 4.55. The number of amides is 1. The van der Waals surface area contributed by atoms with Gasteiger partial charge in [-0.05, 0) is 67.1 Å². The van der Waals surface area contributed by atoms with Crippen molar-refractivity contribution >= 4 is 15.9 Å². The molecular weight excluding hydrogens is 328 g/mol. The summed E-state index contributed by atoms with van der Waals surface area (Å²) >= 11 is 0. The van der Waals surface area contributed by atoms with Gasteiger partial charge in [-0.15, -0.1) is 4.83 Å². The van der Waals surface area contributed by atoms with Crippen LogP contribution < -0.4 is 10.3 Å². The number of rotatable bonds is 4. The van der Waals surface area contributed by atoms with Gasteiger partial charge in [0, 0.05) is 5.56 Å². The van der Waals surface area contributed by atoms with Crippen LogP contribution in [0.1, 0.15) is 34.3 Å². The molecule has 6 nitrogen and oxygen atoms in total. The molecule has 3 rings (SSSR count). The van der Waals surface area contributed by atoms with Crippen LogP contribution in [0.25, 0.3) is 0 Å². The minimum atomic E-state index is -3.85. The van der Waals surface area contributed by atoms with Crippen molar-refractivity contribution in [2.45, 2.75) is 30.6 Å². The van der Waals surface area contributed by atoms with Gasteiger partial charge in [0.05, 0.1) is 4.90 Å². The summed E-state index contributed by atoms with van der Waals surface area (Å²) in [7, 11) is -3.85. The first-order valence-corrected chi connectivity index (χ1v) is 9.17. The zero-order valence-electron chi connectivity index (χ0n) is 13.0. The van der Waals surface area contributed by atoms with Crippen LogP contribution >= 0.6 is 0 Å². The van der Waals surface area contributed by atoms with E-state index >= 15 is 0 Å². The molecule has 3 N–H and O–H groups in total. The molecule has 0 saturated carbocycles. The van der Waals surface area contributed by atoms with Gasteiger partial charge in [-0.2, -0.15) is 0 Å². The largest absolute Gasteiger partial charge is 0.508 e. The maximum Gasteiger partial charge on any atom is 0.266 e. The number of benzene rings is 2. The van der Waals surface area contributed by atoms with Crippen molar-refractivity contribution in [1.82, 2.24) is 10.3 Å². The molecule has 7 heteroatoms. The molecule has 0 aliphatic heterocycles. The molecule has 126 valence electrons. The lowest BCUT2D eigenvalue weighted by atomic mass is 9.92. The van der Waals surface area contributed by atoms with E-state index in [1.54, 1.807) is 12.1 Å². The topological polar surface area (TPSA) is 95.5 Å². The van der Waals surface area contributed by atoms with Crippen LogP contribution in [0.15, 0.2) is 47.4 Å². The molecule has 0 unspecified atom stereocenters. The van der Waals surface area contributed by atoms with Gasteiger partial charge in [0.1, 0.15) is 5.75 Å². The van der Waals surface area contributed by atoms with E-state index in [9.17, 15) is 18.3 Å². The Balaban J connectivity index is 1.73.